The van der Waals surface area contributed by atoms with Gasteiger partial charge in [0.1, 0.15) is 5.82 Å². The number of anilines is 1. The molecule has 2 rings (SSSR count). The lowest BCUT2D eigenvalue weighted by Gasteiger charge is -2.27. The first-order valence-corrected chi connectivity index (χ1v) is 7.09. The highest BCUT2D eigenvalue weighted by Gasteiger charge is 2.33. The number of nitrogens with two attached hydrogens (primary N) is 1. The quantitative estimate of drug-likeness (QED) is 0.381. The number of aromatic nitrogens is 1. The fourth-order valence-electron chi connectivity index (χ4n) is 2.56. The zero-order valence-electron chi connectivity index (χ0n) is 12.1. The zero-order valence-corrected chi connectivity index (χ0v) is 12.9. The molecular weight excluding hydrogens is 276 g/mol. The molecule has 110 valence electrons. The first-order valence-electron chi connectivity index (χ1n) is 6.72. The molecule has 2 heterocycles. The Kier molecular flexibility index (Phi) is 4.09. The number of amidine groups is 1. The minimum Gasteiger partial charge on any atom is -0.409 e. The molecule has 1 fully saturated rings. The van der Waals surface area contributed by atoms with Crippen LogP contribution in [0, 0.1) is 11.3 Å². The summed E-state index contributed by atoms with van der Waals surface area (Å²) in [5.41, 5.74) is 6.41. The van der Waals surface area contributed by atoms with Gasteiger partial charge in [-0.05, 0) is 23.8 Å². The predicted molar refractivity (Wildman–Crippen MR) is 81.5 cm³/mol. The number of nitrogens with zero attached hydrogens (tertiary/aromatic N) is 3. The molecule has 0 spiro atoms. The van der Waals surface area contributed by atoms with Crippen LogP contribution in [0.5, 0.6) is 0 Å². The second-order valence-electron chi connectivity index (χ2n) is 6.28. The smallest absolute Gasteiger partial charge is 0.171 e. The summed E-state index contributed by atoms with van der Waals surface area (Å²) in [6, 6.07) is 1.65. The highest BCUT2D eigenvalue weighted by atomic mass is 35.5. The first kappa shape index (κ1) is 14.9. The minimum absolute atomic E-state index is 0.00483. The SMILES string of the molecule is CC(C)(C)C1CCN(c2nccc(/C(N)=N/O)c2Cl)C1. The number of oxime groups is 1. The molecule has 0 saturated carbocycles. The summed E-state index contributed by atoms with van der Waals surface area (Å²) in [7, 11) is 0. The lowest BCUT2D eigenvalue weighted by atomic mass is 9.80. The van der Waals surface area contributed by atoms with E-state index in [-0.39, 0.29) is 11.3 Å². The van der Waals surface area contributed by atoms with Crippen molar-refractivity contribution in [3.05, 3.63) is 22.8 Å². The molecule has 0 bridgehead atoms. The Balaban J connectivity index is 2.27. The summed E-state index contributed by atoms with van der Waals surface area (Å²) in [6.45, 7) is 8.61. The maximum absolute atomic E-state index is 8.79. The summed E-state index contributed by atoms with van der Waals surface area (Å²) in [4.78, 5) is 6.53. The van der Waals surface area contributed by atoms with E-state index in [1.165, 1.54) is 0 Å². The topological polar surface area (TPSA) is 74.7 Å². The Hall–Kier alpha value is -1.49. The van der Waals surface area contributed by atoms with Gasteiger partial charge in [-0.25, -0.2) is 4.98 Å². The van der Waals surface area contributed by atoms with Gasteiger partial charge in [-0.15, -0.1) is 0 Å². The summed E-state index contributed by atoms with van der Waals surface area (Å²) in [5.74, 6) is 1.32. The van der Waals surface area contributed by atoms with E-state index in [4.69, 9.17) is 22.5 Å². The van der Waals surface area contributed by atoms with Crippen molar-refractivity contribution in [2.45, 2.75) is 27.2 Å². The molecule has 1 atom stereocenters. The number of pyridine rings is 1. The van der Waals surface area contributed by atoms with Gasteiger partial charge < -0.3 is 15.8 Å². The summed E-state index contributed by atoms with van der Waals surface area (Å²) >= 11 is 6.35. The van der Waals surface area contributed by atoms with Crippen LogP contribution in [0.4, 0.5) is 5.82 Å². The van der Waals surface area contributed by atoms with Gasteiger partial charge in [0, 0.05) is 24.8 Å². The van der Waals surface area contributed by atoms with Gasteiger partial charge in [0.2, 0.25) is 0 Å². The van der Waals surface area contributed by atoms with E-state index in [2.05, 4.69) is 35.8 Å². The van der Waals surface area contributed by atoms with Crippen LogP contribution >= 0.6 is 11.6 Å². The summed E-state index contributed by atoms with van der Waals surface area (Å²) < 4.78 is 0. The van der Waals surface area contributed by atoms with Crippen LogP contribution in [0.2, 0.25) is 5.02 Å². The molecule has 1 aliphatic heterocycles. The molecule has 0 radical (unpaired) electrons. The number of hydrogen-bond donors (Lipinski definition) is 2. The molecule has 20 heavy (non-hydrogen) atoms. The Labute approximate surface area is 124 Å². The van der Waals surface area contributed by atoms with E-state index in [1.807, 2.05) is 0 Å². The highest BCUT2D eigenvalue weighted by molar-refractivity contribution is 6.36. The van der Waals surface area contributed by atoms with Crippen LogP contribution in [-0.4, -0.2) is 29.1 Å². The van der Waals surface area contributed by atoms with Crippen molar-refractivity contribution in [2.24, 2.45) is 22.2 Å². The van der Waals surface area contributed by atoms with Gasteiger partial charge in [0.05, 0.1) is 5.02 Å². The van der Waals surface area contributed by atoms with Crippen LogP contribution in [-0.2, 0) is 0 Å². The average Bonchev–Trinajstić information content (AvgIpc) is 2.87. The molecule has 1 unspecified atom stereocenters. The fraction of sp³-hybridized carbons (Fsp3) is 0.571. The summed E-state index contributed by atoms with van der Waals surface area (Å²) in [6.07, 6.45) is 2.76. The number of rotatable bonds is 2. The van der Waals surface area contributed by atoms with Crippen molar-refractivity contribution in [2.75, 3.05) is 18.0 Å². The van der Waals surface area contributed by atoms with Gasteiger partial charge in [-0.2, -0.15) is 0 Å². The Morgan fingerprint density at radius 2 is 2.25 bits per heavy atom. The lowest BCUT2D eigenvalue weighted by Crippen LogP contribution is -2.27. The molecule has 1 aromatic heterocycles. The van der Waals surface area contributed by atoms with E-state index in [0.717, 1.165) is 19.5 Å². The lowest BCUT2D eigenvalue weighted by molar-refractivity contribution is 0.263. The van der Waals surface area contributed by atoms with Crippen LogP contribution in [0.3, 0.4) is 0 Å². The monoisotopic (exact) mass is 296 g/mol. The van der Waals surface area contributed by atoms with Crippen molar-refractivity contribution >= 4 is 23.3 Å². The Bertz CT molecular complexity index is 524. The maximum atomic E-state index is 8.79. The van der Waals surface area contributed by atoms with Crippen molar-refractivity contribution in [3.63, 3.8) is 0 Å². The molecule has 6 heteroatoms. The molecule has 1 aliphatic rings. The van der Waals surface area contributed by atoms with Gasteiger partial charge in [0.15, 0.2) is 5.84 Å². The molecule has 0 aliphatic carbocycles. The number of halogens is 1. The van der Waals surface area contributed by atoms with Crippen molar-refractivity contribution < 1.29 is 5.21 Å². The summed E-state index contributed by atoms with van der Waals surface area (Å²) in [5, 5.41) is 12.2. The molecule has 1 aromatic rings. The van der Waals surface area contributed by atoms with Crippen LogP contribution in [0.25, 0.3) is 0 Å². The van der Waals surface area contributed by atoms with Gasteiger partial charge in [0.25, 0.3) is 0 Å². The minimum atomic E-state index is 0.00483. The molecule has 3 N–H and O–H groups in total. The third-order valence-corrected chi connectivity index (χ3v) is 4.34. The molecular formula is C14H21ClN4O. The largest absolute Gasteiger partial charge is 0.409 e. The van der Waals surface area contributed by atoms with Crippen molar-refractivity contribution in [1.29, 1.82) is 0 Å². The fourth-order valence-corrected chi connectivity index (χ4v) is 2.89. The van der Waals surface area contributed by atoms with Crippen molar-refractivity contribution in [3.8, 4) is 0 Å². The predicted octanol–water partition coefficient (Wildman–Crippen LogP) is 2.70. The molecule has 0 amide bonds. The molecule has 5 nitrogen and oxygen atoms in total. The molecule has 0 aromatic carbocycles. The van der Waals surface area contributed by atoms with Crippen LogP contribution < -0.4 is 10.6 Å². The Morgan fingerprint density at radius 1 is 1.55 bits per heavy atom. The van der Waals surface area contributed by atoms with Crippen LogP contribution in [0.15, 0.2) is 17.4 Å². The third-order valence-electron chi connectivity index (χ3n) is 3.97. The van der Waals surface area contributed by atoms with Gasteiger partial charge in [-0.3, -0.25) is 0 Å². The molecule has 1 saturated heterocycles. The average molecular weight is 297 g/mol. The van der Waals surface area contributed by atoms with E-state index in [9.17, 15) is 0 Å². The van der Waals surface area contributed by atoms with E-state index >= 15 is 0 Å². The standard InChI is InChI=1S/C14H21ClN4O/c1-14(2,3)9-5-7-19(8-9)13-11(15)10(4-6-17-13)12(16)18-20/h4,6,9,20H,5,7-8H2,1-3H3,(H2,16,18). The van der Waals surface area contributed by atoms with Gasteiger partial charge in [-0.1, -0.05) is 37.5 Å². The second kappa shape index (κ2) is 5.48. The van der Waals surface area contributed by atoms with Crippen molar-refractivity contribution in [1.82, 2.24) is 4.98 Å². The maximum Gasteiger partial charge on any atom is 0.171 e. The highest BCUT2D eigenvalue weighted by Crippen LogP contribution is 2.37. The van der Waals surface area contributed by atoms with Crippen LogP contribution in [0.1, 0.15) is 32.8 Å². The first-order chi connectivity index (χ1) is 9.34. The van der Waals surface area contributed by atoms with E-state index < -0.39 is 0 Å². The third kappa shape index (κ3) is 2.82. The Morgan fingerprint density at radius 3 is 2.80 bits per heavy atom. The zero-order chi connectivity index (χ0) is 14.9. The van der Waals surface area contributed by atoms with E-state index in [1.54, 1.807) is 12.3 Å². The number of hydrogen-bond acceptors (Lipinski definition) is 4. The normalized spacial score (nSPS) is 20.5. The van der Waals surface area contributed by atoms with E-state index in [0.29, 0.717) is 22.3 Å². The second-order valence-corrected chi connectivity index (χ2v) is 6.66. The van der Waals surface area contributed by atoms with Gasteiger partial charge >= 0.3 is 0 Å².